The minimum absolute atomic E-state index is 0.252. The Kier molecular flexibility index (Phi) is 4.11. The molecule has 2 heterocycles. The molecule has 110 valence electrons. The van der Waals surface area contributed by atoms with Crippen molar-refractivity contribution in [2.75, 3.05) is 6.54 Å². The van der Waals surface area contributed by atoms with E-state index >= 15 is 0 Å². The van der Waals surface area contributed by atoms with Gasteiger partial charge in [0.15, 0.2) is 11.3 Å². The lowest BCUT2D eigenvalue weighted by Crippen LogP contribution is -2.40. The molecule has 0 bridgehead atoms. The highest BCUT2D eigenvalue weighted by Gasteiger charge is 2.33. The Morgan fingerprint density at radius 2 is 2.30 bits per heavy atom. The maximum atomic E-state index is 12.0. The van der Waals surface area contributed by atoms with E-state index in [0.29, 0.717) is 24.6 Å². The third-order valence-corrected chi connectivity index (χ3v) is 3.08. The lowest BCUT2D eigenvalue weighted by molar-refractivity contribution is -0.00187. The fourth-order valence-electron chi connectivity index (χ4n) is 2.16. The van der Waals surface area contributed by atoms with Crippen molar-refractivity contribution < 1.29 is 14.2 Å². The van der Waals surface area contributed by atoms with Gasteiger partial charge in [0.05, 0.1) is 12.3 Å². The molecule has 1 aliphatic heterocycles. The fraction of sp³-hybridized carbons (Fsp3) is 0.643. The number of hydrogen-bond donors (Lipinski definition) is 1. The summed E-state index contributed by atoms with van der Waals surface area (Å²) >= 11 is 0. The molecule has 1 amide bonds. The third kappa shape index (κ3) is 3.59. The van der Waals surface area contributed by atoms with Crippen molar-refractivity contribution in [2.24, 2.45) is 11.1 Å². The Bertz CT molecular complexity index is 521. The average molecular weight is 279 g/mol. The van der Waals surface area contributed by atoms with Gasteiger partial charge < -0.3 is 14.7 Å². The molecule has 0 saturated heterocycles. The summed E-state index contributed by atoms with van der Waals surface area (Å²) in [5, 5.41) is 10.5. The highest BCUT2D eigenvalue weighted by atomic mass is 16.7. The second-order valence-corrected chi connectivity index (χ2v) is 6.00. The molecular weight excluding hydrogens is 258 g/mol. The van der Waals surface area contributed by atoms with Crippen LogP contribution >= 0.6 is 0 Å². The average Bonchev–Trinajstić information content (AvgIpc) is 2.94. The first-order chi connectivity index (χ1) is 9.38. The highest BCUT2D eigenvalue weighted by Crippen LogP contribution is 2.22. The Morgan fingerprint density at radius 1 is 1.55 bits per heavy atom. The van der Waals surface area contributed by atoms with Gasteiger partial charge in [-0.1, -0.05) is 24.2 Å². The van der Waals surface area contributed by atoms with E-state index in [1.54, 1.807) is 6.07 Å². The Labute approximate surface area is 118 Å². The van der Waals surface area contributed by atoms with Gasteiger partial charge in [0, 0.05) is 18.9 Å². The molecule has 0 unspecified atom stereocenters. The van der Waals surface area contributed by atoms with Crippen LogP contribution in [0.3, 0.4) is 0 Å². The third-order valence-electron chi connectivity index (χ3n) is 3.08. The molecule has 0 aromatic carbocycles. The van der Waals surface area contributed by atoms with Gasteiger partial charge in [-0.05, 0) is 19.8 Å². The van der Waals surface area contributed by atoms with Crippen molar-refractivity contribution in [2.45, 2.75) is 46.1 Å². The quantitative estimate of drug-likeness (QED) is 0.896. The van der Waals surface area contributed by atoms with Crippen molar-refractivity contribution in [3.05, 3.63) is 17.5 Å². The number of nitrogens with one attached hydrogen (secondary N) is 1. The minimum Gasteiger partial charge on any atom is -0.387 e. The van der Waals surface area contributed by atoms with Crippen LogP contribution in [0.25, 0.3) is 0 Å². The summed E-state index contributed by atoms with van der Waals surface area (Å²) in [5.41, 5.74) is 0.770. The normalized spacial score (nSPS) is 21.8. The van der Waals surface area contributed by atoms with E-state index in [0.717, 1.165) is 17.9 Å². The van der Waals surface area contributed by atoms with Crippen molar-refractivity contribution in [3.8, 4) is 0 Å². The Morgan fingerprint density at radius 3 is 2.90 bits per heavy atom. The number of nitrogens with zero attached hydrogens (tertiary/aromatic N) is 2. The molecule has 1 N–H and O–H groups in total. The first-order valence-electron chi connectivity index (χ1n) is 6.83. The van der Waals surface area contributed by atoms with Gasteiger partial charge in [0.25, 0.3) is 5.91 Å². The first-order valence-corrected chi connectivity index (χ1v) is 6.83. The lowest BCUT2D eigenvalue weighted by Gasteiger charge is -2.21. The van der Waals surface area contributed by atoms with E-state index in [1.807, 2.05) is 13.8 Å². The predicted octanol–water partition coefficient (Wildman–Crippen LogP) is 2.16. The topological polar surface area (TPSA) is 76.7 Å². The second-order valence-electron chi connectivity index (χ2n) is 6.00. The van der Waals surface area contributed by atoms with Crippen molar-refractivity contribution in [3.63, 3.8) is 0 Å². The van der Waals surface area contributed by atoms with E-state index < -0.39 is 5.60 Å². The number of carbonyl (C=O) groups excluding carboxylic acids is 1. The van der Waals surface area contributed by atoms with Gasteiger partial charge in [-0.3, -0.25) is 4.79 Å². The van der Waals surface area contributed by atoms with E-state index in [9.17, 15) is 4.79 Å². The molecule has 1 aromatic rings. The molecule has 2 rings (SSSR count). The minimum atomic E-state index is -0.468. The van der Waals surface area contributed by atoms with Crippen LogP contribution in [0, 0.1) is 5.92 Å². The zero-order chi connectivity index (χ0) is 14.8. The molecule has 0 saturated carbocycles. The number of amides is 1. The zero-order valence-corrected chi connectivity index (χ0v) is 12.4. The summed E-state index contributed by atoms with van der Waals surface area (Å²) in [6, 6.07) is 1.69. The van der Waals surface area contributed by atoms with Crippen molar-refractivity contribution >= 4 is 11.6 Å². The number of oxime groups is 1. The molecule has 20 heavy (non-hydrogen) atoms. The van der Waals surface area contributed by atoms with Gasteiger partial charge >= 0.3 is 0 Å². The monoisotopic (exact) mass is 279 g/mol. The largest absolute Gasteiger partial charge is 0.387 e. The van der Waals surface area contributed by atoms with Crippen molar-refractivity contribution in [1.29, 1.82) is 0 Å². The van der Waals surface area contributed by atoms with Crippen LogP contribution in [-0.4, -0.2) is 28.9 Å². The molecule has 6 nitrogen and oxygen atoms in total. The SMILES string of the molecule is CC1=NO[C@](C)(CNC(=O)c2cc(CC(C)C)on2)C1. The number of rotatable bonds is 5. The summed E-state index contributed by atoms with van der Waals surface area (Å²) in [6.45, 7) is 8.38. The maximum Gasteiger partial charge on any atom is 0.273 e. The smallest absolute Gasteiger partial charge is 0.273 e. The summed E-state index contributed by atoms with van der Waals surface area (Å²) < 4.78 is 5.15. The van der Waals surface area contributed by atoms with E-state index in [4.69, 9.17) is 9.36 Å². The number of aromatic nitrogens is 1. The predicted molar refractivity (Wildman–Crippen MR) is 74.6 cm³/mol. The molecule has 0 radical (unpaired) electrons. The van der Waals surface area contributed by atoms with Crippen LogP contribution in [0.2, 0.25) is 0 Å². The summed E-state index contributed by atoms with van der Waals surface area (Å²) in [5.74, 6) is 0.940. The Hall–Kier alpha value is -1.85. The lowest BCUT2D eigenvalue weighted by atomic mass is 10.0. The zero-order valence-electron chi connectivity index (χ0n) is 12.4. The molecule has 1 aliphatic rings. The van der Waals surface area contributed by atoms with Crippen LogP contribution in [0.4, 0.5) is 0 Å². The molecule has 0 fully saturated rings. The molecule has 6 heteroatoms. The van der Waals surface area contributed by atoms with Crippen LogP contribution in [-0.2, 0) is 11.3 Å². The maximum absolute atomic E-state index is 12.0. The highest BCUT2D eigenvalue weighted by molar-refractivity contribution is 5.92. The van der Waals surface area contributed by atoms with E-state index in [2.05, 4.69) is 29.5 Å². The number of hydrogen-bond acceptors (Lipinski definition) is 5. The van der Waals surface area contributed by atoms with Crippen LogP contribution in [0.15, 0.2) is 15.7 Å². The molecule has 1 aromatic heterocycles. The van der Waals surface area contributed by atoms with Crippen molar-refractivity contribution in [1.82, 2.24) is 10.5 Å². The second kappa shape index (κ2) is 5.64. The molecule has 0 spiro atoms. The van der Waals surface area contributed by atoms with Gasteiger partial charge in [-0.25, -0.2) is 0 Å². The van der Waals surface area contributed by atoms with Gasteiger partial charge in [-0.15, -0.1) is 0 Å². The number of carbonyl (C=O) groups is 1. The van der Waals surface area contributed by atoms with E-state index in [1.165, 1.54) is 0 Å². The summed E-state index contributed by atoms with van der Waals surface area (Å²) in [7, 11) is 0. The van der Waals surface area contributed by atoms with Crippen LogP contribution < -0.4 is 5.32 Å². The van der Waals surface area contributed by atoms with Gasteiger partial charge in [-0.2, -0.15) is 0 Å². The van der Waals surface area contributed by atoms with Crippen LogP contribution in [0.5, 0.6) is 0 Å². The molecular formula is C14H21N3O3. The molecule has 0 aliphatic carbocycles. The molecule has 1 atom stereocenters. The standard InChI is InChI=1S/C14H21N3O3/c1-9(2)5-11-6-12(17-19-11)13(18)15-8-14(4)7-10(3)16-20-14/h6,9H,5,7-8H2,1-4H3,(H,15,18)/t14-/m0/s1. The first kappa shape index (κ1) is 14.6. The van der Waals surface area contributed by atoms with E-state index in [-0.39, 0.29) is 5.91 Å². The van der Waals surface area contributed by atoms with Gasteiger partial charge in [0.1, 0.15) is 5.76 Å². The van der Waals surface area contributed by atoms with Crippen LogP contribution in [0.1, 0.15) is 50.4 Å². The summed E-state index contributed by atoms with van der Waals surface area (Å²) in [4.78, 5) is 17.3. The summed E-state index contributed by atoms with van der Waals surface area (Å²) in [6.07, 6.45) is 1.48. The Balaban J connectivity index is 1.87. The van der Waals surface area contributed by atoms with Gasteiger partial charge in [0.2, 0.25) is 0 Å². The fourth-order valence-corrected chi connectivity index (χ4v) is 2.16.